The maximum absolute atomic E-state index is 12.5. The molecule has 0 aromatic heterocycles. The quantitative estimate of drug-likeness (QED) is 0.840. The minimum Gasteiger partial charge on any atom is -0.335 e. The number of hydrogen-bond acceptors (Lipinski definition) is 3. The first-order valence-corrected chi connectivity index (χ1v) is 8.72. The van der Waals surface area contributed by atoms with E-state index in [4.69, 9.17) is 0 Å². The Morgan fingerprint density at radius 3 is 2.35 bits per heavy atom. The Balaban J connectivity index is 1.64. The largest absolute Gasteiger partial charge is 0.335 e. The first kappa shape index (κ1) is 17.9. The van der Waals surface area contributed by atoms with Gasteiger partial charge >= 0.3 is 0 Å². The van der Waals surface area contributed by atoms with Crippen molar-refractivity contribution in [3.63, 3.8) is 0 Å². The molecule has 0 saturated carbocycles. The van der Waals surface area contributed by atoms with Gasteiger partial charge in [0.25, 0.3) is 0 Å². The third kappa shape index (κ3) is 3.82. The highest BCUT2D eigenvalue weighted by atomic mass is 16.2. The van der Waals surface area contributed by atoms with Gasteiger partial charge in [0.1, 0.15) is 0 Å². The molecule has 1 N–H and O–H groups in total. The number of carbonyl (C=O) groups is 3. The van der Waals surface area contributed by atoms with Crippen LogP contribution in [0.2, 0.25) is 0 Å². The van der Waals surface area contributed by atoms with Crippen LogP contribution in [-0.2, 0) is 9.59 Å². The fraction of sp³-hybridized carbons (Fsp3) is 0.286. The van der Waals surface area contributed by atoms with Crippen LogP contribution in [0.25, 0.3) is 0 Å². The van der Waals surface area contributed by atoms with Crippen LogP contribution >= 0.6 is 0 Å². The van der Waals surface area contributed by atoms with Crippen molar-refractivity contribution in [3.05, 3.63) is 65.7 Å². The number of benzene rings is 2. The molecule has 2 aromatic carbocycles. The van der Waals surface area contributed by atoms with Gasteiger partial charge in [0, 0.05) is 24.2 Å². The second kappa shape index (κ2) is 7.52. The summed E-state index contributed by atoms with van der Waals surface area (Å²) < 4.78 is 0. The van der Waals surface area contributed by atoms with Crippen molar-refractivity contribution in [1.29, 1.82) is 0 Å². The summed E-state index contributed by atoms with van der Waals surface area (Å²) in [5.41, 5.74) is 2.28. The van der Waals surface area contributed by atoms with Crippen LogP contribution in [0.4, 0.5) is 5.69 Å². The number of nitrogens with one attached hydrogen (secondary N) is 1. The van der Waals surface area contributed by atoms with E-state index in [9.17, 15) is 14.4 Å². The third-order valence-corrected chi connectivity index (χ3v) is 4.84. The lowest BCUT2D eigenvalue weighted by atomic mass is 10.1. The monoisotopic (exact) mass is 350 g/mol. The van der Waals surface area contributed by atoms with E-state index in [0.717, 1.165) is 5.56 Å². The number of carbonyl (C=O) groups excluding carboxylic acids is 3. The molecular weight excluding hydrogens is 328 g/mol. The smallest absolute Gasteiger partial charge is 0.229 e. The predicted octanol–water partition coefficient (Wildman–Crippen LogP) is 3.44. The summed E-state index contributed by atoms with van der Waals surface area (Å²) in [6, 6.07) is 16.5. The summed E-state index contributed by atoms with van der Waals surface area (Å²) >= 11 is 0. The zero-order chi connectivity index (χ0) is 18.7. The molecule has 5 nitrogen and oxygen atoms in total. The molecule has 26 heavy (non-hydrogen) atoms. The Bertz CT molecular complexity index is 815. The van der Waals surface area contributed by atoms with Crippen molar-refractivity contribution in [1.82, 2.24) is 4.90 Å². The van der Waals surface area contributed by atoms with E-state index in [-0.39, 0.29) is 36.0 Å². The van der Waals surface area contributed by atoms with Crippen LogP contribution in [0.15, 0.2) is 54.6 Å². The van der Waals surface area contributed by atoms with Gasteiger partial charge in [-0.25, -0.2) is 0 Å². The molecule has 134 valence electrons. The highest BCUT2D eigenvalue weighted by Crippen LogP contribution is 2.29. The molecule has 0 spiro atoms. The molecule has 2 aromatic rings. The van der Waals surface area contributed by atoms with Crippen LogP contribution in [0, 0.1) is 5.92 Å². The van der Waals surface area contributed by atoms with Gasteiger partial charge in [-0.2, -0.15) is 0 Å². The second-order valence-corrected chi connectivity index (χ2v) is 6.66. The Kier molecular flexibility index (Phi) is 5.16. The Morgan fingerprint density at radius 2 is 1.73 bits per heavy atom. The van der Waals surface area contributed by atoms with Crippen LogP contribution in [0.1, 0.15) is 42.2 Å². The molecule has 1 saturated heterocycles. The number of rotatable bonds is 5. The number of hydrogen-bond donors (Lipinski definition) is 1. The highest BCUT2D eigenvalue weighted by Gasteiger charge is 2.36. The van der Waals surface area contributed by atoms with Gasteiger partial charge < -0.3 is 10.2 Å². The molecule has 1 aliphatic heterocycles. The number of amides is 2. The van der Waals surface area contributed by atoms with Crippen molar-refractivity contribution in [3.8, 4) is 0 Å². The zero-order valence-corrected chi connectivity index (χ0v) is 14.9. The SMILES string of the molecule is CC(=O)c1ccc(NC(=O)[C@H]2CC(=O)N([C@H](C)c3ccccc3)C2)cc1. The van der Waals surface area contributed by atoms with Crippen molar-refractivity contribution in [2.75, 3.05) is 11.9 Å². The predicted molar refractivity (Wildman–Crippen MR) is 99.8 cm³/mol. The first-order chi connectivity index (χ1) is 12.5. The average Bonchev–Trinajstić information content (AvgIpc) is 3.04. The van der Waals surface area contributed by atoms with Crippen molar-refractivity contribution >= 4 is 23.3 Å². The van der Waals surface area contributed by atoms with Crippen LogP contribution in [0.3, 0.4) is 0 Å². The number of likely N-dealkylation sites (tertiary alicyclic amines) is 1. The van der Waals surface area contributed by atoms with Gasteiger partial charge in [-0.15, -0.1) is 0 Å². The van der Waals surface area contributed by atoms with E-state index in [1.165, 1.54) is 6.92 Å². The summed E-state index contributed by atoms with van der Waals surface area (Å²) in [4.78, 5) is 38.0. The molecule has 1 aliphatic rings. The van der Waals surface area contributed by atoms with Gasteiger partial charge in [-0.3, -0.25) is 14.4 Å². The molecule has 1 heterocycles. The maximum Gasteiger partial charge on any atom is 0.229 e. The number of anilines is 1. The lowest BCUT2D eigenvalue weighted by molar-refractivity contribution is -0.129. The van der Waals surface area contributed by atoms with Gasteiger partial charge in [0.15, 0.2) is 5.78 Å². The molecular formula is C21H22N2O3. The first-order valence-electron chi connectivity index (χ1n) is 8.72. The molecule has 0 bridgehead atoms. The summed E-state index contributed by atoms with van der Waals surface area (Å²) in [5.74, 6) is -0.568. The number of nitrogens with zero attached hydrogens (tertiary/aromatic N) is 1. The van der Waals surface area contributed by atoms with Gasteiger partial charge in [-0.05, 0) is 43.7 Å². The lowest BCUT2D eigenvalue weighted by Gasteiger charge is -2.25. The Labute approximate surface area is 153 Å². The van der Waals surface area contributed by atoms with E-state index in [1.807, 2.05) is 37.3 Å². The maximum atomic E-state index is 12.5. The molecule has 2 amide bonds. The highest BCUT2D eigenvalue weighted by molar-refractivity contribution is 5.98. The molecule has 3 rings (SSSR count). The fourth-order valence-electron chi connectivity index (χ4n) is 3.23. The molecule has 1 fully saturated rings. The normalized spacial score (nSPS) is 17.8. The van der Waals surface area contributed by atoms with Crippen LogP contribution in [-0.4, -0.2) is 29.0 Å². The molecule has 2 atom stereocenters. The fourth-order valence-corrected chi connectivity index (χ4v) is 3.23. The van der Waals surface area contributed by atoms with Gasteiger partial charge in [0.05, 0.1) is 12.0 Å². The van der Waals surface area contributed by atoms with E-state index in [2.05, 4.69) is 5.32 Å². The van der Waals surface area contributed by atoms with E-state index < -0.39 is 0 Å². The molecule has 5 heteroatoms. The average molecular weight is 350 g/mol. The van der Waals surface area contributed by atoms with E-state index >= 15 is 0 Å². The van der Waals surface area contributed by atoms with E-state index in [0.29, 0.717) is 17.8 Å². The summed E-state index contributed by atoms with van der Waals surface area (Å²) in [5, 5.41) is 2.84. The minimum atomic E-state index is -0.374. The number of ketones is 1. The van der Waals surface area contributed by atoms with Crippen LogP contribution in [0.5, 0.6) is 0 Å². The lowest BCUT2D eigenvalue weighted by Crippen LogP contribution is -2.30. The van der Waals surface area contributed by atoms with Crippen LogP contribution < -0.4 is 5.32 Å². The second-order valence-electron chi connectivity index (χ2n) is 6.66. The standard InChI is InChI=1S/C21H22N2O3/c1-14(16-6-4-3-5-7-16)23-13-18(12-20(23)25)21(26)22-19-10-8-17(9-11-19)15(2)24/h3-11,14,18H,12-13H2,1-2H3,(H,22,26)/t14-,18+/m1/s1. The topological polar surface area (TPSA) is 66.5 Å². The molecule has 0 radical (unpaired) electrons. The van der Waals surface area contributed by atoms with Crippen molar-refractivity contribution < 1.29 is 14.4 Å². The van der Waals surface area contributed by atoms with Gasteiger partial charge in [0.2, 0.25) is 11.8 Å². The van der Waals surface area contributed by atoms with Crippen molar-refractivity contribution in [2.45, 2.75) is 26.3 Å². The molecule has 0 unspecified atom stereocenters. The zero-order valence-electron chi connectivity index (χ0n) is 14.9. The Morgan fingerprint density at radius 1 is 1.08 bits per heavy atom. The summed E-state index contributed by atoms with van der Waals surface area (Å²) in [7, 11) is 0. The van der Waals surface area contributed by atoms with E-state index in [1.54, 1.807) is 29.2 Å². The third-order valence-electron chi connectivity index (χ3n) is 4.84. The van der Waals surface area contributed by atoms with Gasteiger partial charge in [-0.1, -0.05) is 30.3 Å². The minimum absolute atomic E-state index is 0.00608. The summed E-state index contributed by atoms with van der Waals surface area (Å²) in [6.45, 7) is 3.89. The Hall–Kier alpha value is -2.95. The number of Topliss-reactive ketones (excluding diaryl/α,β-unsaturated/α-hetero) is 1. The van der Waals surface area contributed by atoms with Crippen molar-refractivity contribution in [2.24, 2.45) is 5.92 Å². The summed E-state index contributed by atoms with van der Waals surface area (Å²) in [6.07, 6.45) is 0.217. The molecule has 0 aliphatic carbocycles.